The number of unbranched alkanes of at least 4 members (excludes halogenated alkanes) is 2. The quantitative estimate of drug-likeness (QED) is 0.326. The van der Waals surface area contributed by atoms with Gasteiger partial charge in [0.2, 0.25) is 0 Å². The first kappa shape index (κ1) is 24.9. The van der Waals surface area contributed by atoms with E-state index < -0.39 is 5.97 Å². The number of ether oxygens (including phenoxy) is 1. The Hall–Kier alpha value is -2.73. The highest BCUT2D eigenvalue weighted by atomic mass is 16.5. The van der Waals surface area contributed by atoms with E-state index in [-0.39, 0.29) is 5.56 Å². The molecule has 1 aliphatic rings. The summed E-state index contributed by atoms with van der Waals surface area (Å²) in [6.07, 6.45) is 6.48. The number of hydrogen-bond acceptors (Lipinski definition) is 5. The zero-order valence-corrected chi connectivity index (χ0v) is 20.1. The molecule has 0 radical (unpaired) electrons. The average molecular weight is 454 g/mol. The number of carbonyl (C=O) groups is 1. The molecule has 1 saturated heterocycles. The summed E-state index contributed by atoms with van der Waals surface area (Å²) in [5, 5.41) is 16.8. The van der Waals surface area contributed by atoms with Crippen molar-refractivity contribution in [3.8, 4) is 11.5 Å². The van der Waals surface area contributed by atoms with Crippen LogP contribution in [0.1, 0.15) is 62.7 Å². The molecule has 180 valence electrons. The molecule has 1 unspecified atom stereocenters. The Labute approximate surface area is 198 Å². The summed E-state index contributed by atoms with van der Waals surface area (Å²) in [5.41, 5.74) is 1.89. The number of hydrogen-bond donors (Lipinski definition) is 3. The number of anilines is 2. The molecule has 2 aromatic rings. The summed E-state index contributed by atoms with van der Waals surface area (Å²) in [5.74, 6) is 1.19. The average Bonchev–Trinajstić information content (AvgIpc) is 3.34. The van der Waals surface area contributed by atoms with Crippen LogP contribution in [0, 0.1) is 5.92 Å². The molecule has 0 spiro atoms. The fourth-order valence-electron chi connectivity index (χ4n) is 4.24. The lowest BCUT2D eigenvalue weighted by atomic mass is 10.0. The number of aromatic carboxylic acids is 1. The van der Waals surface area contributed by atoms with Gasteiger partial charge in [0.05, 0.1) is 16.9 Å². The number of carboxylic acid groups (broad SMARTS) is 1. The van der Waals surface area contributed by atoms with Crippen LogP contribution in [-0.4, -0.2) is 43.8 Å². The van der Waals surface area contributed by atoms with Gasteiger partial charge in [-0.15, -0.1) is 0 Å². The minimum atomic E-state index is -0.920. The monoisotopic (exact) mass is 453 g/mol. The minimum Gasteiger partial charge on any atom is -0.478 e. The van der Waals surface area contributed by atoms with E-state index in [1.54, 1.807) is 12.1 Å². The summed E-state index contributed by atoms with van der Waals surface area (Å²) in [7, 11) is 0. The highest BCUT2D eigenvalue weighted by Gasteiger charge is 2.21. The van der Waals surface area contributed by atoms with Crippen molar-refractivity contribution in [1.29, 1.82) is 0 Å². The van der Waals surface area contributed by atoms with Crippen LogP contribution in [0.3, 0.4) is 0 Å². The van der Waals surface area contributed by atoms with Crippen LogP contribution in [0.2, 0.25) is 0 Å². The molecule has 1 aliphatic heterocycles. The normalized spacial score (nSPS) is 15.4. The molecule has 6 heteroatoms. The van der Waals surface area contributed by atoms with Gasteiger partial charge < -0.3 is 25.4 Å². The topological polar surface area (TPSA) is 73.8 Å². The maximum atomic E-state index is 12.0. The molecular weight excluding hydrogens is 414 g/mol. The summed E-state index contributed by atoms with van der Waals surface area (Å²) in [4.78, 5) is 14.3. The lowest BCUT2D eigenvalue weighted by Gasteiger charge is -2.29. The van der Waals surface area contributed by atoms with Gasteiger partial charge in [0.25, 0.3) is 0 Å². The second-order valence-electron chi connectivity index (χ2n) is 8.86. The highest BCUT2D eigenvalue weighted by Crippen LogP contribution is 2.41. The Kier molecular flexibility index (Phi) is 9.88. The standard InChI is InChI=1S/C27H39N3O3/c1-3-5-16-30(17-6-4-2)25-19-22(27(31)32)18-24(29-15-13-21-12-14-28-20-21)26(25)33-23-10-8-7-9-11-23/h7-11,18-19,21,28-29H,3-6,12-17,20H2,1-2H3,(H,31,32). The van der Waals surface area contributed by atoms with Gasteiger partial charge in [-0.2, -0.15) is 0 Å². The second kappa shape index (κ2) is 13.1. The van der Waals surface area contributed by atoms with Crippen LogP contribution in [0.5, 0.6) is 11.5 Å². The SMILES string of the molecule is CCCCN(CCCC)c1cc(C(=O)O)cc(NCCC2CCNC2)c1Oc1ccccc1. The van der Waals surface area contributed by atoms with Gasteiger partial charge in [-0.3, -0.25) is 0 Å². The summed E-state index contributed by atoms with van der Waals surface area (Å²) in [6.45, 7) is 9.02. The van der Waals surface area contributed by atoms with Crippen molar-refractivity contribution >= 4 is 17.3 Å². The fourth-order valence-corrected chi connectivity index (χ4v) is 4.24. The molecule has 2 aromatic carbocycles. The van der Waals surface area contributed by atoms with Gasteiger partial charge in [0, 0.05) is 19.6 Å². The Morgan fingerprint density at radius 3 is 2.48 bits per heavy atom. The van der Waals surface area contributed by atoms with E-state index in [0.29, 0.717) is 11.7 Å². The van der Waals surface area contributed by atoms with Crippen LogP contribution in [0.4, 0.5) is 11.4 Å². The Balaban J connectivity index is 1.98. The zero-order chi connectivity index (χ0) is 23.5. The zero-order valence-electron chi connectivity index (χ0n) is 20.1. The number of rotatable bonds is 14. The van der Waals surface area contributed by atoms with Crippen LogP contribution in [0.25, 0.3) is 0 Å². The summed E-state index contributed by atoms with van der Waals surface area (Å²) < 4.78 is 6.43. The largest absolute Gasteiger partial charge is 0.478 e. The fraction of sp³-hybridized carbons (Fsp3) is 0.519. The molecule has 3 rings (SSSR count). The Morgan fingerprint density at radius 2 is 1.88 bits per heavy atom. The van der Waals surface area contributed by atoms with Gasteiger partial charge in [-0.05, 0) is 69.0 Å². The second-order valence-corrected chi connectivity index (χ2v) is 8.86. The number of carboxylic acids is 1. The molecule has 1 heterocycles. The lowest BCUT2D eigenvalue weighted by Crippen LogP contribution is -2.26. The van der Waals surface area contributed by atoms with Gasteiger partial charge in [-0.1, -0.05) is 44.9 Å². The van der Waals surface area contributed by atoms with Crippen molar-refractivity contribution in [2.75, 3.05) is 42.9 Å². The third-order valence-electron chi connectivity index (χ3n) is 6.21. The number of para-hydroxylation sites is 1. The van der Waals surface area contributed by atoms with E-state index in [0.717, 1.165) is 82.0 Å². The van der Waals surface area contributed by atoms with Gasteiger partial charge in [0.1, 0.15) is 5.75 Å². The minimum absolute atomic E-state index is 0.286. The Bertz CT molecular complexity index is 858. The molecule has 1 fully saturated rings. The third-order valence-corrected chi connectivity index (χ3v) is 6.21. The lowest BCUT2D eigenvalue weighted by molar-refractivity contribution is 0.0697. The molecule has 0 saturated carbocycles. The predicted octanol–water partition coefficient (Wildman–Crippen LogP) is 6.00. The van der Waals surface area contributed by atoms with Gasteiger partial charge in [-0.25, -0.2) is 4.79 Å². The van der Waals surface area contributed by atoms with E-state index in [1.165, 1.54) is 6.42 Å². The van der Waals surface area contributed by atoms with E-state index >= 15 is 0 Å². The van der Waals surface area contributed by atoms with E-state index in [1.807, 2.05) is 30.3 Å². The van der Waals surface area contributed by atoms with Crippen LogP contribution < -0.4 is 20.3 Å². The first-order valence-corrected chi connectivity index (χ1v) is 12.5. The van der Waals surface area contributed by atoms with E-state index in [2.05, 4.69) is 29.4 Å². The first-order valence-electron chi connectivity index (χ1n) is 12.5. The van der Waals surface area contributed by atoms with Crippen LogP contribution in [0.15, 0.2) is 42.5 Å². The van der Waals surface area contributed by atoms with Gasteiger partial charge in [0.15, 0.2) is 5.75 Å². The molecule has 33 heavy (non-hydrogen) atoms. The molecule has 0 amide bonds. The molecule has 3 N–H and O–H groups in total. The first-order chi connectivity index (χ1) is 16.1. The maximum Gasteiger partial charge on any atom is 0.335 e. The van der Waals surface area contributed by atoms with Gasteiger partial charge >= 0.3 is 5.97 Å². The Morgan fingerprint density at radius 1 is 1.15 bits per heavy atom. The van der Waals surface area contributed by atoms with Crippen molar-refractivity contribution < 1.29 is 14.6 Å². The van der Waals surface area contributed by atoms with Crippen molar-refractivity contribution in [2.45, 2.75) is 52.4 Å². The highest BCUT2D eigenvalue weighted by molar-refractivity contribution is 5.92. The van der Waals surface area contributed by atoms with Crippen molar-refractivity contribution in [2.24, 2.45) is 5.92 Å². The molecule has 0 aliphatic carbocycles. The summed E-state index contributed by atoms with van der Waals surface area (Å²) >= 11 is 0. The van der Waals surface area contributed by atoms with Crippen molar-refractivity contribution in [3.05, 3.63) is 48.0 Å². The number of nitrogens with zero attached hydrogens (tertiary/aromatic N) is 1. The van der Waals surface area contributed by atoms with E-state index in [9.17, 15) is 9.90 Å². The molecule has 1 atom stereocenters. The molecule has 0 aromatic heterocycles. The number of benzene rings is 2. The van der Waals surface area contributed by atoms with Crippen LogP contribution >= 0.6 is 0 Å². The van der Waals surface area contributed by atoms with Crippen molar-refractivity contribution in [1.82, 2.24) is 5.32 Å². The van der Waals surface area contributed by atoms with E-state index in [4.69, 9.17) is 4.74 Å². The number of nitrogens with one attached hydrogen (secondary N) is 2. The van der Waals surface area contributed by atoms with Crippen LogP contribution in [-0.2, 0) is 0 Å². The predicted molar refractivity (Wildman–Crippen MR) is 136 cm³/mol. The smallest absolute Gasteiger partial charge is 0.335 e. The molecular formula is C27H39N3O3. The molecule has 6 nitrogen and oxygen atoms in total. The maximum absolute atomic E-state index is 12.0. The summed E-state index contributed by atoms with van der Waals surface area (Å²) in [6, 6.07) is 13.2. The molecule has 0 bridgehead atoms. The van der Waals surface area contributed by atoms with Crippen molar-refractivity contribution in [3.63, 3.8) is 0 Å². The third kappa shape index (κ3) is 7.39.